The Bertz CT molecular complexity index is 384. The summed E-state index contributed by atoms with van der Waals surface area (Å²) < 4.78 is 0. The smallest absolute Gasteiger partial charge is 0.550 e. The van der Waals surface area contributed by atoms with Gasteiger partial charge in [-0.2, -0.15) is 0 Å². The Hall–Kier alpha value is -0.610. The third-order valence-electron chi connectivity index (χ3n) is 3.06. The molecule has 0 amide bonds. The minimum atomic E-state index is -0.980. The zero-order chi connectivity index (χ0) is 16.5. The maximum absolute atomic E-state index is 10.2. The molecular formula is C19H29NaO3. The number of aliphatic hydroxyl groups excluding tert-OH is 1. The van der Waals surface area contributed by atoms with Gasteiger partial charge in [-0.25, -0.2) is 0 Å². The predicted octanol–water partition coefficient (Wildman–Crippen LogP) is 0.467. The predicted molar refractivity (Wildman–Crippen MR) is 90.2 cm³/mol. The van der Waals surface area contributed by atoms with E-state index >= 15 is 0 Å². The molecular weight excluding hydrogens is 299 g/mol. The van der Waals surface area contributed by atoms with Crippen LogP contribution in [0.25, 0.3) is 0 Å². The van der Waals surface area contributed by atoms with E-state index < -0.39 is 5.97 Å². The van der Waals surface area contributed by atoms with Crippen LogP contribution in [0.1, 0.15) is 58.3 Å². The Kier molecular flexibility index (Phi) is 20.8. The van der Waals surface area contributed by atoms with Crippen molar-refractivity contribution in [1.82, 2.24) is 0 Å². The van der Waals surface area contributed by atoms with Crippen LogP contribution in [0.15, 0.2) is 48.6 Å². The molecule has 0 aliphatic carbocycles. The van der Waals surface area contributed by atoms with Crippen LogP contribution in [-0.2, 0) is 4.79 Å². The summed E-state index contributed by atoms with van der Waals surface area (Å²) in [5.41, 5.74) is 0. The Labute approximate surface area is 163 Å². The first kappa shape index (κ1) is 24.6. The van der Waals surface area contributed by atoms with Crippen molar-refractivity contribution in [3.63, 3.8) is 0 Å². The van der Waals surface area contributed by atoms with Crippen molar-refractivity contribution in [2.24, 2.45) is 0 Å². The summed E-state index contributed by atoms with van der Waals surface area (Å²) in [5, 5.41) is 19.8. The number of rotatable bonds is 13. The number of allylic oxidation sites excluding steroid dienone is 7. The maximum Gasteiger partial charge on any atom is 1.00 e. The van der Waals surface area contributed by atoms with E-state index in [-0.39, 0.29) is 42.1 Å². The molecule has 0 aliphatic rings. The number of unbranched alkanes of at least 4 members (excludes halogenated alkanes) is 2. The normalized spacial score (nSPS) is 13.3. The van der Waals surface area contributed by atoms with Gasteiger partial charge in [0.15, 0.2) is 0 Å². The number of aliphatic carboxylic acids is 1. The molecule has 0 saturated heterocycles. The van der Waals surface area contributed by atoms with Crippen LogP contribution < -0.4 is 34.7 Å². The summed E-state index contributed by atoms with van der Waals surface area (Å²) in [6, 6.07) is 0. The van der Waals surface area contributed by atoms with Gasteiger partial charge in [-0.15, -0.1) is 0 Å². The van der Waals surface area contributed by atoms with Gasteiger partial charge in [-0.3, -0.25) is 0 Å². The van der Waals surface area contributed by atoms with Crippen molar-refractivity contribution in [2.75, 3.05) is 0 Å². The van der Waals surface area contributed by atoms with Gasteiger partial charge in [0.1, 0.15) is 0 Å². The number of carboxylic acid groups (broad SMARTS) is 1. The first-order valence-electron chi connectivity index (χ1n) is 8.18. The van der Waals surface area contributed by atoms with E-state index in [1.54, 1.807) is 0 Å². The van der Waals surface area contributed by atoms with E-state index in [4.69, 9.17) is 0 Å². The molecule has 0 fully saturated rings. The van der Waals surface area contributed by atoms with E-state index in [1.165, 1.54) is 0 Å². The van der Waals surface area contributed by atoms with Crippen LogP contribution in [0.4, 0.5) is 0 Å². The van der Waals surface area contributed by atoms with Crippen LogP contribution >= 0.6 is 0 Å². The standard InChI is InChI=1S/C19H30O3.Na/c1-2-3-15-18(20)16-13-11-9-7-5-4-6-8-10-12-14-17-19(21)22;/h4-5,8-11,13,16,18,20H,2-3,6-7,12,14-15,17H2,1H3,(H,21,22);/q;+1/p-1/b5-4-,10-8-,11-9-,16-13+;/t18-;/m1./s1. The van der Waals surface area contributed by atoms with E-state index in [0.29, 0.717) is 6.42 Å². The van der Waals surface area contributed by atoms with Gasteiger partial charge in [-0.05, 0) is 38.5 Å². The molecule has 23 heavy (non-hydrogen) atoms. The van der Waals surface area contributed by atoms with Gasteiger partial charge in [0.2, 0.25) is 0 Å². The molecule has 1 N–H and O–H groups in total. The molecule has 0 rings (SSSR count). The van der Waals surface area contributed by atoms with Crippen molar-refractivity contribution < 1.29 is 44.6 Å². The molecule has 0 saturated carbocycles. The van der Waals surface area contributed by atoms with Crippen molar-refractivity contribution in [3.05, 3.63) is 48.6 Å². The monoisotopic (exact) mass is 328 g/mol. The molecule has 124 valence electrons. The number of carbonyl (C=O) groups excluding carboxylic acids is 1. The van der Waals surface area contributed by atoms with E-state index in [2.05, 4.69) is 19.1 Å². The molecule has 3 nitrogen and oxygen atoms in total. The number of carbonyl (C=O) groups is 1. The Balaban J connectivity index is 0. The van der Waals surface area contributed by atoms with Gasteiger partial charge < -0.3 is 15.0 Å². The molecule has 0 aliphatic heterocycles. The molecule has 1 atom stereocenters. The Morgan fingerprint density at radius 1 is 1.04 bits per heavy atom. The van der Waals surface area contributed by atoms with E-state index in [0.717, 1.165) is 38.5 Å². The van der Waals surface area contributed by atoms with Gasteiger partial charge in [0.25, 0.3) is 0 Å². The van der Waals surface area contributed by atoms with Crippen molar-refractivity contribution >= 4 is 5.97 Å². The molecule has 4 heteroatoms. The number of carboxylic acids is 1. The topological polar surface area (TPSA) is 60.4 Å². The average molecular weight is 328 g/mol. The minimum absolute atomic E-state index is 0. The van der Waals surface area contributed by atoms with Crippen molar-refractivity contribution in [2.45, 2.75) is 64.4 Å². The first-order chi connectivity index (χ1) is 10.7. The molecule has 0 radical (unpaired) electrons. The van der Waals surface area contributed by atoms with Gasteiger partial charge >= 0.3 is 29.6 Å². The molecule has 0 unspecified atom stereocenters. The number of aliphatic hydroxyl groups is 1. The van der Waals surface area contributed by atoms with Crippen molar-refractivity contribution in [1.29, 1.82) is 0 Å². The van der Waals surface area contributed by atoms with Crippen molar-refractivity contribution in [3.8, 4) is 0 Å². The largest absolute Gasteiger partial charge is 1.00 e. The number of hydrogen-bond acceptors (Lipinski definition) is 3. The third-order valence-corrected chi connectivity index (χ3v) is 3.06. The third kappa shape index (κ3) is 21.4. The van der Waals surface area contributed by atoms with Gasteiger partial charge in [0, 0.05) is 5.97 Å². The van der Waals surface area contributed by atoms with E-state index in [1.807, 2.05) is 36.5 Å². The SMILES string of the molecule is CCCC[C@@H](O)/C=C/C=C\C/C=C\C/C=C\CCCC(=O)[O-].[Na+]. The second-order valence-corrected chi connectivity index (χ2v) is 5.20. The van der Waals surface area contributed by atoms with Gasteiger partial charge in [-0.1, -0.05) is 68.4 Å². The molecule has 0 heterocycles. The summed E-state index contributed by atoms with van der Waals surface area (Å²) in [4.78, 5) is 10.2. The quantitative estimate of drug-likeness (QED) is 0.231. The molecule has 0 bridgehead atoms. The summed E-state index contributed by atoms with van der Waals surface area (Å²) in [7, 11) is 0. The summed E-state index contributed by atoms with van der Waals surface area (Å²) >= 11 is 0. The summed E-state index contributed by atoms with van der Waals surface area (Å²) in [6.45, 7) is 2.12. The zero-order valence-corrected chi connectivity index (χ0v) is 16.6. The maximum atomic E-state index is 10.2. The second kappa shape index (κ2) is 19.4. The molecule has 0 spiro atoms. The Morgan fingerprint density at radius 3 is 2.35 bits per heavy atom. The fourth-order valence-corrected chi connectivity index (χ4v) is 1.79. The average Bonchev–Trinajstić information content (AvgIpc) is 2.49. The van der Waals surface area contributed by atoms with Gasteiger partial charge in [0.05, 0.1) is 6.10 Å². The molecule has 0 aromatic carbocycles. The van der Waals surface area contributed by atoms with Crippen LogP contribution in [0.5, 0.6) is 0 Å². The second-order valence-electron chi connectivity index (χ2n) is 5.20. The Morgan fingerprint density at radius 2 is 1.70 bits per heavy atom. The van der Waals surface area contributed by atoms with Crippen LogP contribution in [0, 0.1) is 0 Å². The fourth-order valence-electron chi connectivity index (χ4n) is 1.79. The first-order valence-corrected chi connectivity index (χ1v) is 8.18. The summed E-state index contributed by atoms with van der Waals surface area (Å²) in [5.74, 6) is -0.980. The van der Waals surface area contributed by atoms with Crippen LogP contribution in [0.3, 0.4) is 0 Å². The fraction of sp³-hybridized carbons (Fsp3) is 0.526. The van der Waals surface area contributed by atoms with E-state index in [9.17, 15) is 15.0 Å². The zero-order valence-electron chi connectivity index (χ0n) is 14.6. The van der Waals surface area contributed by atoms with Crippen LogP contribution in [0.2, 0.25) is 0 Å². The minimum Gasteiger partial charge on any atom is -0.550 e. The number of hydrogen-bond donors (Lipinski definition) is 1. The molecule has 0 aromatic rings. The van der Waals surface area contributed by atoms with Crippen LogP contribution in [-0.4, -0.2) is 17.2 Å². The molecule has 0 aromatic heterocycles. The summed E-state index contributed by atoms with van der Waals surface area (Å²) in [6.07, 6.45) is 21.9.